The summed E-state index contributed by atoms with van der Waals surface area (Å²) in [5.41, 5.74) is 5.71. The van der Waals surface area contributed by atoms with Crippen molar-refractivity contribution in [2.75, 3.05) is 0 Å². The van der Waals surface area contributed by atoms with Crippen LogP contribution in [0, 0.1) is 5.82 Å². The summed E-state index contributed by atoms with van der Waals surface area (Å²) in [6.45, 7) is 0.871. The second kappa shape index (κ2) is 5.46. The van der Waals surface area contributed by atoms with Crippen molar-refractivity contribution in [3.8, 4) is 0 Å². The minimum absolute atomic E-state index is 0.169. The molecule has 0 atom stereocenters. The molecule has 0 fully saturated rings. The van der Waals surface area contributed by atoms with Gasteiger partial charge in [-0.3, -0.25) is 4.79 Å². The van der Waals surface area contributed by atoms with Gasteiger partial charge in [0.25, 0.3) is 0 Å². The van der Waals surface area contributed by atoms with Crippen LogP contribution in [-0.2, 0) is 13.1 Å². The number of hydrogen-bond donors (Lipinski definition) is 2. The standard InChI is InChI=1S/C13H13FN2O2/c14-12-6-9(13(15)17)3-4-10(12)7-16-8-11-2-1-5-18-11/h1-6,16H,7-8H2,(H2,15,17). The molecule has 18 heavy (non-hydrogen) atoms. The van der Waals surface area contributed by atoms with Gasteiger partial charge in [-0.05, 0) is 24.3 Å². The minimum atomic E-state index is -0.635. The van der Waals surface area contributed by atoms with Gasteiger partial charge in [0.05, 0.1) is 12.8 Å². The summed E-state index contributed by atoms with van der Waals surface area (Å²) < 4.78 is 18.7. The number of nitrogens with two attached hydrogens (primary N) is 1. The molecule has 94 valence electrons. The van der Waals surface area contributed by atoms with Crippen LogP contribution in [0.2, 0.25) is 0 Å². The number of nitrogens with one attached hydrogen (secondary N) is 1. The normalized spacial score (nSPS) is 10.5. The molecule has 0 bridgehead atoms. The summed E-state index contributed by atoms with van der Waals surface area (Å²) in [5.74, 6) is -0.300. The Hall–Kier alpha value is -2.14. The van der Waals surface area contributed by atoms with Crippen molar-refractivity contribution in [3.63, 3.8) is 0 Å². The van der Waals surface area contributed by atoms with E-state index in [-0.39, 0.29) is 5.56 Å². The van der Waals surface area contributed by atoms with Crippen LogP contribution in [0.15, 0.2) is 41.0 Å². The van der Waals surface area contributed by atoms with Crippen LogP contribution in [-0.4, -0.2) is 5.91 Å². The van der Waals surface area contributed by atoms with Gasteiger partial charge in [-0.1, -0.05) is 6.07 Å². The lowest BCUT2D eigenvalue weighted by Crippen LogP contribution is -2.15. The molecule has 0 radical (unpaired) electrons. The van der Waals surface area contributed by atoms with Crippen molar-refractivity contribution in [2.24, 2.45) is 5.73 Å². The quantitative estimate of drug-likeness (QED) is 0.847. The lowest BCUT2D eigenvalue weighted by atomic mass is 10.1. The first-order valence-corrected chi connectivity index (χ1v) is 5.48. The fourth-order valence-corrected chi connectivity index (χ4v) is 1.58. The summed E-state index contributed by atoms with van der Waals surface area (Å²) in [4.78, 5) is 10.9. The third kappa shape index (κ3) is 2.95. The molecule has 4 nitrogen and oxygen atoms in total. The molecule has 0 unspecified atom stereocenters. The zero-order chi connectivity index (χ0) is 13.0. The Bertz CT molecular complexity index is 538. The van der Waals surface area contributed by atoms with Crippen LogP contribution in [0.3, 0.4) is 0 Å². The van der Waals surface area contributed by atoms with E-state index >= 15 is 0 Å². The molecule has 0 spiro atoms. The van der Waals surface area contributed by atoms with E-state index in [4.69, 9.17) is 10.2 Å². The van der Waals surface area contributed by atoms with Gasteiger partial charge in [-0.25, -0.2) is 4.39 Å². The number of halogens is 1. The van der Waals surface area contributed by atoms with E-state index in [1.807, 2.05) is 6.07 Å². The molecule has 0 aliphatic rings. The van der Waals surface area contributed by atoms with Crippen LogP contribution >= 0.6 is 0 Å². The third-order valence-corrected chi connectivity index (χ3v) is 2.53. The average Bonchev–Trinajstić information content (AvgIpc) is 2.84. The summed E-state index contributed by atoms with van der Waals surface area (Å²) >= 11 is 0. The molecule has 1 heterocycles. The van der Waals surface area contributed by atoms with Crippen LogP contribution in [0.25, 0.3) is 0 Å². The van der Waals surface area contributed by atoms with Gasteiger partial charge in [-0.15, -0.1) is 0 Å². The Morgan fingerprint density at radius 1 is 1.33 bits per heavy atom. The van der Waals surface area contributed by atoms with Crippen LogP contribution in [0.4, 0.5) is 4.39 Å². The van der Waals surface area contributed by atoms with E-state index in [2.05, 4.69) is 5.32 Å². The largest absolute Gasteiger partial charge is 0.468 e. The molecule has 0 aliphatic heterocycles. The van der Waals surface area contributed by atoms with Gasteiger partial charge in [0.15, 0.2) is 0 Å². The Morgan fingerprint density at radius 3 is 2.78 bits per heavy atom. The van der Waals surface area contributed by atoms with Crippen molar-refractivity contribution in [2.45, 2.75) is 13.1 Å². The van der Waals surface area contributed by atoms with Crippen LogP contribution < -0.4 is 11.1 Å². The smallest absolute Gasteiger partial charge is 0.248 e. The van der Waals surface area contributed by atoms with Crippen LogP contribution in [0.5, 0.6) is 0 Å². The number of carbonyl (C=O) groups excluding carboxylic acids is 1. The number of hydrogen-bond acceptors (Lipinski definition) is 3. The van der Waals surface area contributed by atoms with Crippen molar-refractivity contribution in [3.05, 3.63) is 59.3 Å². The monoisotopic (exact) mass is 248 g/mol. The number of amides is 1. The van der Waals surface area contributed by atoms with Gasteiger partial charge in [-0.2, -0.15) is 0 Å². The highest BCUT2D eigenvalue weighted by Gasteiger charge is 2.06. The van der Waals surface area contributed by atoms with Gasteiger partial charge < -0.3 is 15.5 Å². The maximum absolute atomic E-state index is 13.6. The molecule has 1 amide bonds. The first-order chi connectivity index (χ1) is 8.66. The van der Waals surface area contributed by atoms with E-state index < -0.39 is 11.7 Å². The predicted octanol–water partition coefficient (Wildman–Crippen LogP) is 1.81. The van der Waals surface area contributed by atoms with Gasteiger partial charge >= 0.3 is 0 Å². The maximum atomic E-state index is 13.6. The molecule has 1 aromatic heterocycles. The fraction of sp³-hybridized carbons (Fsp3) is 0.154. The highest BCUT2D eigenvalue weighted by molar-refractivity contribution is 5.92. The first kappa shape index (κ1) is 12.3. The molecular formula is C13H13FN2O2. The van der Waals surface area contributed by atoms with E-state index in [0.29, 0.717) is 18.7 Å². The number of benzene rings is 1. The molecular weight excluding hydrogens is 235 g/mol. The average molecular weight is 248 g/mol. The molecule has 0 aliphatic carbocycles. The molecule has 5 heteroatoms. The molecule has 3 N–H and O–H groups in total. The zero-order valence-corrected chi connectivity index (χ0v) is 9.65. The molecule has 0 saturated carbocycles. The highest BCUT2D eigenvalue weighted by atomic mass is 19.1. The Kier molecular flexibility index (Phi) is 3.74. The summed E-state index contributed by atoms with van der Waals surface area (Å²) in [6, 6.07) is 7.82. The number of rotatable bonds is 5. The van der Waals surface area contributed by atoms with Gasteiger partial charge in [0.1, 0.15) is 11.6 Å². The second-order valence-corrected chi connectivity index (χ2v) is 3.85. The van der Waals surface area contributed by atoms with Crippen molar-refractivity contribution in [1.82, 2.24) is 5.32 Å². The van der Waals surface area contributed by atoms with Crippen molar-refractivity contribution >= 4 is 5.91 Å². The van der Waals surface area contributed by atoms with E-state index in [0.717, 1.165) is 11.8 Å². The third-order valence-electron chi connectivity index (χ3n) is 2.53. The molecule has 1 aromatic carbocycles. The second-order valence-electron chi connectivity index (χ2n) is 3.85. The lowest BCUT2D eigenvalue weighted by molar-refractivity contribution is 0.1000. The van der Waals surface area contributed by atoms with Crippen LogP contribution in [0.1, 0.15) is 21.7 Å². The SMILES string of the molecule is NC(=O)c1ccc(CNCc2ccco2)c(F)c1. The summed E-state index contributed by atoms with van der Waals surface area (Å²) in [5, 5.41) is 3.04. The Morgan fingerprint density at radius 2 is 2.17 bits per heavy atom. The van der Waals surface area contributed by atoms with E-state index in [1.54, 1.807) is 18.4 Å². The maximum Gasteiger partial charge on any atom is 0.248 e. The van der Waals surface area contributed by atoms with Crippen molar-refractivity contribution < 1.29 is 13.6 Å². The Labute approximate surface area is 104 Å². The van der Waals surface area contributed by atoms with Crippen molar-refractivity contribution in [1.29, 1.82) is 0 Å². The van der Waals surface area contributed by atoms with E-state index in [9.17, 15) is 9.18 Å². The number of primary amides is 1. The highest BCUT2D eigenvalue weighted by Crippen LogP contribution is 2.10. The minimum Gasteiger partial charge on any atom is -0.468 e. The Balaban J connectivity index is 1.95. The fourth-order valence-electron chi connectivity index (χ4n) is 1.58. The summed E-state index contributed by atoms with van der Waals surface area (Å²) in [7, 11) is 0. The predicted molar refractivity (Wildman–Crippen MR) is 64.2 cm³/mol. The molecule has 2 aromatic rings. The molecule has 0 saturated heterocycles. The summed E-state index contributed by atoms with van der Waals surface area (Å²) in [6.07, 6.45) is 1.58. The zero-order valence-electron chi connectivity index (χ0n) is 9.65. The number of carbonyl (C=O) groups is 1. The lowest BCUT2D eigenvalue weighted by Gasteiger charge is -2.05. The molecule has 2 rings (SSSR count). The number of furan rings is 1. The van der Waals surface area contributed by atoms with Gasteiger partial charge in [0, 0.05) is 17.7 Å². The first-order valence-electron chi connectivity index (χ1n) is 5.48. The van der Waals surface area contributed by atoms with Gasteiger partial charge in [0.2, 0.25) is 5.91 Å². The topological polar surface area (TPSA) is 68.3 Å². The van der Waals surface area contributed by atoms with E-state index in [1.165, 1.54) is 6.07 Å².